The van der Waals surface area contributed by atoms with E-state index in [0.29, 0.717) is 19.0 Å². The highest BCUT2D eigenvalue weighted by Gasteiger charge is 2.34. The van der Waals surface area contributed by atoms with E-state index < -0.39 is 12.2 Å². The van der Waals surface area contributed by atoms with Gasteiger partial charge in [0.25, 0.3) is 0 Å². The van der Waals surface area contributed by atoms with Crippen molar-refractivity contribution >= 4 is 11.8 Å². The number of carbonyl (C=O) groups excluding carboxylic acids is 2. The quantitative estimate of drug-likeness (QED) is 0.0898. The molecule has 250 valence electrons. The summed E-state index contributed by atoms with van der Waals surface area (Å²) in [6.07, 6.45) is 7.58. The van der Waals surface area contributed by atoms with Gasteiger partial charge in [-0.1, -0.05) is 79.6 Å². The molecule has 1 aliphatic heterocycles. The summed E-state index contributed by atoms with van der Waals surface area (Å²) in [5.41, 5.74) is 7.45. The van der Waals surface area contributed by atoms with Crippen molar-refractivity contribution in [2.45, 2.75) is 89.1 Å². The number of nitrogens with one attached hydrogen (secondary N) is 2. The van der Waals surface area contributed by atoms with E-state index in [1.807, 2.05) is 60.7 Å². The number of hydroxylamine groups is 1. The van der Waals surface area contributed by atoms with Gasteiger partial charge in [-0.25, -0.2) is 5.48 Å². The number of benzene rings is 3. The summed E-state index contributed by atoms with van der Waals surface area (Å²) >= 11 is 0. The van der Waals surface area contributed by atoms with Gasteiger partial charge in [0.2, 0.25) is 11.8 Å². The zero-order valence-electron chi connectivity index (χ0n) is 27.0. The molecule has 3 aromatic carbocycles. The molecule has 2 fully saturated rings. The maximum absolute atomic E-state index is 12.3. The van der Waals surface area contributed by atoms with Gasteiger partial charge in [0.15, 0.2) is 6.29 Å². The minimum atomic E-state index is -0.555. The molecule has 2 amide bonds. The SMILES string of the molecule is C=CCN(C[C@H]1C[C@@H](c2ccc(CO)cc2)O[C@@H](c2cccc(-c3cccc(CNC(=O)CCCC(=O)NO)c3)c2)O1)C1CCCC1. The van der Waals surface area contributed by atoms with Crippen LogP contribution in [0.2, 0.25) is 0 Å². The normalized spacial score (nSPS) is 19.9. The molecular weight excluding hydrogens is 594 g/mol. The third-order valence-electron chi connectivity index (χ3n) is 9.10. The van der Waals surface area contributed by atoms with Crippen molar-refractivity contribution in [1.29, 1.82) is 0 Å². The molecule has 0 unspecified atom stereocenters. The molecule has 0 aromatic heterocycles. The van der Waals surface area contributed by atoms with Crippen molar-refractivity contribution in [3.63, 3.8) is 0 Å². The highest BCUT2D eigenvalue weighted by molar-refractivity contribution is 5.78. The summed E-state index contributed by atoms with van der Waals surface area (Å²) in [5.74, 6) is -0.650. The van der Waals surface area contributed by atoms with Gasteiger partial charge >= 0.3 is 0 Å². The molecule has 0 radical (unpaired) electrons. The first-order valence-electron chi connectivity index (χ1n) is 16.7. The molecule has 3 atom stereocenters. The molecule has 47 heavy (non-hydrogen) atoms. The Kier molecular flexibility index (Phi) is 12.7. The lowest BCUT2D eigenvalue weighted by Crippen LogP contribution is -2.43. The van der Waals surface area contributed by atoms with E-state index in [2.05, 4.69) is 35.0 Å². The summed E-state index contributed by atoms with van der Waals surface area (Å²) in [4.78, 5) is 26.0. The van der Waals surface area contributed by atoms with Gasteiger partial charge in [-0.05, 0) is 59.2 Å². The van der Waals surface area contributed by atoms with Gasteiger partial charge in [-0.15, -0.1) is 6.58 Å². The highest BCUT2D eigenvalue weighted by atomic mass is 16.7. The van der Waals surface area contributed by atoms with Gasteiger partial charge in [-0.3, -0.25) is 19.7 Å². The van der Waals surface area contributed by atoms with Crippen LogP contribution in [0.4, 0.5) is 0 Å². The number of nitrogens with zero attached hydrogens (tertiary/aromatic N) is 1. The highest BCUT2D eigenvalue weighted by Crippen LogP contribution is 2.39. The lowest BCUT2D eigenvalue weighted by Gasteiger charge is -2.39. The van der Waals surface area contributed by atoms with Crippen LogP contribution in [0.15, 0.2) is 85.5 Å². The first-order chi connectivity index (χ1) is 22.9. The summed E-state index contributed by atoms with van der Waals surface area (Å²) < 4.78 is 13.4. The molecule has 1 saturated heterocycles. The number of amides is 2. The molecule has 4 N–H and O–H groups in total. The second-order valence-electron chi connectivity index (χ2n) is 12.5. The van der Waals surface area contributed by atoms with Crippen molar-refractivity contribution in [3.05, 3.63) is 108 Å². The van der Waals surface area contributed by atoms with Crippen LogP contribution < -0.4 is 10.8 Å². The van der Waals surface area contributed by atoms with Crippen LogP contribution >= 0.6 is 0 Å². The van der Waals surface area contributed by atoms with Crippen molar-refractivity contribution in [3.8, 4) is 11.1 Å². The van der Waals surface area contributed by atoms with Crippen LogP contribution in [0.25, 0.3) is 11.1 Å². The van der Waals surface area contributed by atoms with Gasteiger partial charge in [0.05, 0.1) is 18.8 Å². The number of hydrogen-bond acceptors (Lipinski definition) is 7. The van der Waals surface area contributed by atoms with Crippen molar-refractivity contribution < 1.29 is 29.4 Å². The minimum Gasteiger partial charge on any atom is -0.392 e. The Morgan fingerprint density at radius 1 is 0.894 bits per heavy atom. The average molecular weight is 642 g/mol. The summed E-state index contributed by atoms with van der Waals surface area (Å²) in [6.45, 7) is 6.04. The second kappa shape index (κ2) is 17.3. The second-order valence-corrected chi connectivity index (χ2v) is 12.5. The predicted octanol–water partition coefficient (Wildman–Crippen LogP) is 6.11. The van der Waals surface area contributed by atoms with E-state index in [4.69, 9.17) is 14.7 Å². The lowest BCUT2D eigenvalue weighted by molar-refractivity contribution is -0.253. The van der Waals surface area contributed by atoms with Gasteiger partial charge < -0.3 is 19.9 Å². The molecule has 0 bridgehead atoms. The van der Waals surface area contributed by atoms with Gasteiger partial charge in [0, 0.05) is 50.5 Å². The van der Waals surface area contributed by atoms with Gasteiger partial charge in [-0.2, -0.15) is 0 Å². The number of carbonyl (C=O) groups is 2. The summed E-state index contributed by atoms with van der Waals surface area (Å²) in [5, 5.41) is 21.1. The minimum absolute atomic E-state index is 0.00391. The van der Waals surface area contributed by atoms with E-state index in [-0.39, 0.29) is 37.6 Å². The van der Waals surface area contributed by atoms with E-state index in [1.54, 1.807) is 5.48 Å². The van der Waals surface area contributed by atoms with Crippen molar-refractivity contribution in [2.75, 3.05) is 13.1 Å². The van der Waals surface area contributed by atoms with Crippen molar-refractivity contribution in [1.82, 2.24) is 15.7 Å². The Labute approximate surface area is 277 Å². The van der Waals surface area contributed by atoms with E-state index >= 15 is 0 Å². The molecule has 3 aromatic rings. The van der Waals surface area contributed by atoms with E-state index in [1.165, 1.54) is 25.7 Å². The number of ether oxygens (including phenoxy) is 2. The molecule has 1 saturated carbocycles. The topological polar surface area (TPSA) is 120 Å². The summed E-state index contributed by atoms with van der Waals surface area (Å²) in [6, 6.07) is 24.8. The molecule has 1 aliphatic carbocycles. The number of hydrogen-bond donors (Lipinski definition) is 4. The fourth-order valence-corrected chi connectivity index (χ4v) is 6.58. The number of rotatable bonds is 15. The average Bonchev–Trinajstić information content (AvgIpc) is 3.66. The van der Waals surface area contributed by atoms with Crippen LogP contribution in [0.1, 0.15) is 86.0 Å². The Morgan fingerprint density at radius 3 is 2.34 bits per heavy atom. The molecule has 1 heterocycles. The monoisotopic (exact) mass is 641 g/mol. The Bertz CT molecular complexity index is 1470. The van der Waals surface area contributed by atoms with Crippen LogP contribution in [0.5, 0.6) is 0 Å². The van der Waals surface area contributed by atoms with Crippen LogP contribution in [-0.2, 0) is 32.2 Å². The number of aliphatic hydroxyl groups is 1. The largest absolute Gasteiger partial charge is 0.392 e. The smallest absolute Gasteiger partial charge is 0.243 e. The maximum atomic E-state index is 12.3. The van der Waals surface area contributed by atoms with Crippen LogP contribution in [0.3, 0.4) is 0 Å². The molecule has 0 spiro atoms. The van der Waals surface area contributed by atoms with Crippen LogP contribution in [-0.4, -0.2) is 52.3 Å². The number of aliphatic hydroxyl groups excluding tert-OH is 1. The van der Waals surface area contributed by atoms with E-state index in [0.717, 1.165) is 52.9 Å². The zero-order valence-corrected chi connectivity index (χ0v) is 27.0. The molecule has 9 nitrogen and oxygen atoms in total. The Hall–Kier alpha value is -3.86. The maximum Gasteiger partial charge on any atom is 0.243 e. The lowest BCUT2D eigenvalue weighted by atomic mass is 9.98. The zero-order chi connectivity index (χ0) is 33.0. The fourth-order valence-electron chi connectivity index (χ4n) is 6.58. The first kappa shape index (κ1) is 34.5. The standard InChI is InChI=1S/C38H47N3O6/c1-2-20-41(33-12-3-4-13-33)25-34-23-35(29-18-16-27(26-42)17-19-29)47-38(46-34)32-11-6-10-31(22-32)30-9-5-8-28(21-30)24-39-36(43)14-7-15-37(44)40-45/h2,5-6,8-11,16-19,21-22,33-35,38,42,45H,1,3-4,7,12-15,20,23-26H2,(H,39,43)(H,40,44)/t34-,35+,38+/m1/s1. The van der Waals surface area contributed by atoms with Crippen LogP contribution in [0, 0.1) is 0 Å². The summed E-state index contributed by atoms with van der Waals surface area (Å²) in [7, 11) is 0. The predicted molar refractivity (Wildman–Crippen MR) is 180 cm³/mol. The van der Waals surface area contributed by atoms with Crippen molar-refractivity contribution in [2.24, 2.45) is 0 Å². The molecule has 2 aliphatic rings. The molecular formula is C38H47N3O6. The molecule has 9 heteroatoms. The van der Waals surface area contributed by atoms with Gasteiger partial charge in [0.1, 0.15) is 0 Å². The third-order valence-corrected chi connectivity index (χ3v) is 9.10. The Morgan fingerprint density at radius 2 is 1.62 bits per heavy atom. The third kappa shape index (κ3) is 9.82. The molecule has 5 rings (SSSR count). The van der Waals surface area contributed by atoms with E-state index in [9.17, 15) is 14.7 Å². The fraction of sp³-hybridized carbons (Fsp3) is 0.421. The first-order valence-corrected chi connectivity index (χ1v) is 16.7. The Balaban J connectivity index is 1.31.